The number of benzene rings is 3. The van der Waals surface area contributed by atoms with Gasteiger partial charge in [-0.3, -0.25) is 9.52 Å². The van der Waals surface area contributed by atoms with Crippen LogP contribution in [-0.4, -0.2) is 28.5 Å². The van der Waals surface area contributed by atoms with Gasteiger partial charge >= 0.3 is 0 Å². The molecule has 0 spiro atoms. The number of rotatable bonds is 9. The lowest BCUT2D eigenvalue weighted by atomic mass is 10.1. The highest BCUT2D eigenvalue weighted by atomic mass is 32.2. The zero-order chi connectivity index (χ0) is 23.1. The van der Waals surface area contributed by atoms with Crippen LogP contribution in [0.3, 0.4) is 0 Å². The average molecular weight is 455 g/mol. The van der Waals surface area contributed by atoms with Crippen molar-refractivity contribution in [2.75, 3.05) is 24.3 Å². The first-order valence-corrected chi connectivity index (χ1v) is 11.5. The lowest BCUT2D eigenvalue weighted by molar-refractivity contribution is -0.116. The summed E-state index contributed by atoms with van der Waals surface area (Å²) in [4.78, 5) is 12.5. The van der Waals surface area contributed by atoms with E-state index in [-0.39, 0.29) is 17.2 Å². The van der Waals surface area contributed by atoms with E-state index >= 15 is 0 Å². The molecular formula is C24H26N2O5S. The first-order valence-electron chi connectivity index (χ1n) is 10.0. The average Bonchev–Trinajstić information content (AvgIpc) is 2.79. The van der Waals surface area contributed by atoms with Gasteiger partial charge in [-0.25, -0.2) is 8.42 Å². The van der Waals surface area contributed by atoms with E-state index in [1.54, 1.807) is 49.6 Å². The smallest absolute Gasteiger partial charge is 0.261 e. The summed E-state index contributed by atoms with van der Waals surface area (Å²) in [5.41, 5.74) is 2.97. The fourth-order valence-electron chi connectivity index (χ4n) is 3.04. The van der Waals surface area contributed by atoms with Crippen LogP contribution >= 0.6 is 0 Å². The Morgan fingerprint density at radius 1 is 0.906 bits per heavy atom. The number of aryl methyl sites for hydroxylation is 2. The number of anilines is 2. The molecule has 3 rings (SSSR count). The minimum Gasteiger partial charge on any atom is -0.497 e. The fraction of sp³-hybridized carbons (Fsp3) is 0.208. The topological polar surface area (TPSA) is 93.7 Å². The summed E-state index contributed by atoms with van der Waals surface area (Å²) < 4.78 is 38.2. The van der Waals surface area contributed by atoms with E-state index in [9.17, 15) is 13.2 Å². The predicted octanol–water partition coefficient (Wildman–Crippen LogP) is 4.38. The van der Waals surface area contributed by atoms with Gasteiger partial charge in [-0.05, 0) is 55.3 Å². The standard InChI is InChI=1S/C24H26N2O5S/c1-17-4-9-19(10-5-17)26-32(28,29)21-12-6-18(7-13-21)8-15-24(27)25-22-14-11-20(30-2)16-23(22)31-3/h4-7,9-14,16,26H,8,15H2,1-3H3,(H,25,27). The van der Waals surface area contributed by atoms with E-state index < -0.39 is 10.0 Å². The summed E-state index contributed by atoms with van der Waals surface area (Å²) in [6.45, 7) is 1.94. The summed E-state index contributed by atoms with van der Waals surface area (Å²) in [5, 5.41) is 2.82. The number of hydrogen-bond donors (Lipinski definition) is 2. The van der Waals surface area contributed by atoms with Crippen LogP contribution in [0.1, 0.15) is 17.5 Å². The third-order valence-corrected chi connectivity index (χ3v) is 6.26. The highest BCUT2D eigenvalue weighted by Crippen LogP contribution is 2.29. The Hall–Kier alpha value is -3.52. The van der Waals surface area contributed by atoms with Gasteiger partial charge in [0.05, 0.1) is 24.8 Å². The van der Waals surface area contributed by atoms with Crippen molar-refractivity contribution in [3.8, 4) is 11.5 Å². The van der Waals surface area contributed by atoms with Gasteiger partial charge < -0.3 is 14.8 Å². The van der Waals surface area contributed by atoms with Crippen LogP contribution in [0.4, 0.5) is 11.4 Å². The molecule has 0 fully saturated rings. The molecule has 0 unspecified atom stereocenters. The van der Waals surface area contributed by atoms with Gasteiger partial charge in [-0.1, -0.05) is 29.8 Å². The lowest BCUT2D eigenvalue weighted by Crippen LogP contribution is -2.14. The van der Waals surface area contributed by atoms with E-state index in [0.717, 1.165) is 11.1 Å². The lowest BCUT2D eigenvalue weighted by Gasteiger charge is -2.12. The van der Waals surface area contributed by atoms with Crippen molar-refractivity contribution in [1.82, 2.24) is 0 Å². The quantitative estimate of drug-likeness (QED) is 0.500. The Morgan fingerprint density at radius 2 is 1.59 bits per heavy atom. The molecule has 3 aromatic carbocycles. The van der Waals surface area contributed by atoms with Gasteiger partial charge in [0.1, 0.15) is 11.5 Å². The molecule has 0 aliphatic heterocycles. The van der Waals surface area contributed by atoms with Gasteiger partial charge in [0.25, 0.3) is 10.0 Å². The van der Waals surface area contributed by atoms with Crippen molar-refractivity contribution in [3.05, 3.63) is 77.9 Å². The van der Waals surface area contributed by atoms with E-state index in [2.05, 4.69) is 10.0 Å². The maximum atomic E-state index is 12.6. The molecule has 0 saturated heterocycles. The molecule has 1 amide bonds. The van der Waals surface area contributed by atoms with E-state index in [4.69, 9.17) is 9.47 Å². The number of ether oxygens (including phenoxy) is 2. The van der Waals surface area contributed by atoms with Gasteiger partial charge in [0.15, 0.2) is 0 Å². The van der Waals surface area contributed by atoms with Crippen LogP contribution in [0, 0.1) is 6.92 Å². The van der Waals surface area contributed by atoms with Crippen molar-refractivity contribution in [1.29, 1.82) is 0 Å². The molecule has 2 N–H and O–H groups in total. The molecule has 7 nitrogen and oxygen atoms in total. The molecule has 0 radical (unpaired) electrons. The van der Waals surface area contributed by atoms with Crippen molar-refractivity contribution >= 4 is 27.3 Å². The second-order valence-corrected chi connectivity index (χ2v) is 8.91. The zero-order valence-corrected chi connectivity index (χ0v) is 19.0. The minimum absolute atomic E-state index is 0.161. The molecule has 0 bridgehead atoms. The first kappa shape index (κ1) is 23.1. The number of amides is 1. The first-order chi connectivity index (χ1) is 15.3. The number of carbonyl (C=O) groups is 1. The monoisotopic (exact) mass is 454 g/mol. The molecule has 0 heterocycles. The van der Waals surface area contributed by atoms with Crippen molar-refractivity contribution in [2.24, 2.45) is 0 Å². The summed E-state index contributed by atoms with van der Waals surface area (Å²) in [6.07, 6.45) is 0.707. The second-order valence-electron chi connectivity index (χ2n) is 7.23. The molecule has 0 aliphatic rings. The van der Waals surface area contributed by atoms with Crippen LogP contribution in [0.5, 0.6) is 11.5 Å². The number of carbonyl (C=O) groups excluding carboxylic acids is 1. The summed E-state index contributed by atoms with van der Waals surface area (Å²) in [5.74, 6) is 0.964. The third kappa shape index (κ3) is 6.01. The number of hydrogen-bond acceptors (Lipinski definition) is 5. The van der Waals surface area contributed by atoms with E-state index in [1.807, 2.05) is 19.1 Å². The zero-order valence-electron chi connectivity index (χ0n) is 18.2. The summed E-state index contributed by atoms with van der Waals surface area (Å²) >= 11 is 0. The van der Waals surface area contributed by atoms with Crippen LogP contribution in [0.15, 0.2) is 71.6 Å². The Balaban J connectivity index is 1.58. The van der Waals surface area contributed by atoms with Crippen molar-refractivity contribution in [3.63, 3.8) is 0 Å². The highest BCUT2D eigenvalue weighted by Gasteiger charge is 2.14. The maximum Gasteiger partial charge on any atom is 0.261 e. The Morgan fingerprint density at radius 3 is 2.22 bits per heavy atom. The summed E-state index contributed by atoms with van der Waals surface area (Å²) in [6, 6.07) is 18.8. The van der Waals surface area contributed by atoms with E-state index in [0.29, 0.717) is 29.3 Å². The van der Waals surface area contributed by atoms with Crippen molar-refractivity contribution in [2.45, 2.75) is 24.7 Å². The Bertz CT molecular complexity index is 1170. The number of nitrogens with one attached hydrogen (secondary N) is 2. The third-order valence-electron chi connectivity index (χ3n) is 4.86. The Labute approximate surface area is 188 Å². The molecule has 0 aromatic heterocycles. The van der Waals surface area contributed by atoms with E-state index in [1.165, 1.54) is 19.2 Å². The molecule has 32 heavy (non-hydrogen) atoms. The molecule has 8 heteroatoms. The predicted molar refractivity (Wildman–Crippen MR) is 125 cm³/mol. The van der Waals surface area contributed by atoms with Gasteiger partial charge in [-0.2, -0.15) is 0 Å². The number of sulfonamides is 1. The molecule has 0 saturated carbocycles. The summed E-state index contributed by atoms with van der Waals surface area (Å²) in [7, 11) is -0.603. The van der Waals surface area contributed by atoms with Crippen LogP contribution in [0.2, 0.25) is 0 Å². The molecule has 0 aliphatic carbocycles. The van der Waals surface area contributed by atoms with Crippen molar-refractivity contribution < 1.29 is 22.7 Å². The van der Waals surface area contributed by atoms with Crippen LogP contribution in [-0.2, 0) is 21.2 Å². The largest absolute Gasteiger partial charge is 0.497 e. The van der Waals surface area contributed by atoms with Crippen LogP contribution in [0.25, 0.3) is 0 Å². The SMILES string of the molecule is COc1ccc(NC(=O)CCc2ccc(S(=O)(=O)Nc3ccc(C)cc3)cc2)c(OC)c1. The van der Waals surface area contributed by atoms with Gasteiger partial charge in [0, 0.05) is 18.2 Å². The minimum atomic E-state index is -3.68. The molecular weight excluding hydrogens is 428 g/mol. The second kappa shape index (κ2) is 10.2. The van der Waals surface area contributed by atoms with Crippen LogP contribution < -0.4 is 19.5 Å². The number of methoxy groups -OCH3 is 2. The molecule has 168 valence electrons. The Kier molecular flexibility index (Phi) is 7.37. The maximum absolute atomic E-state index is 12.6. The van der Waals surface area contributed by atoms with Gasteiger partial charge in [0.2, 0.25) is 5.91 Å². The highest BCUT2D eigenvalue weighted by molar-refractivity contribution is 7.92. The molecule has 3 aromatic rings. The van der Waals surface area contributed by atoms with Gasteiger partial charge in [-0.15, -0.1) is 0 Å². The fourth-order valence-corrected chi connectivity index (χ4v) is 4.10. The normalized spacial score (nSPS) is 11.0. The molecule has 0 atom stereocenters.